The van der Waals surface area contributed by atoms with E-state index in [1.165, 1.54) is 20.8 Å². The van der Waals surface area contributed by atoms with Crippen molar-refractivity contribution in [3.05, 3.63) is 29.8 Å². The molecule has 1 aliphatic heterocycles. The zero-order valence-corrected chi connectivity index (χ0v) is 15.9. The van der Waals surface area contributed by atoms with E-state index in [9.17, 15) is 14.4 Å². The van der Waals surface area contributed by atoms with E-state index in [1.807, 2.05) is 6.07 Å². The normalized spacial score (nSPS) is 26.5. The summed E-state index contributed by atoms with van der Waals surface area (Å²) in [6.07, 6.45) is -5.16. The van der Waals surface area contributed by atoms with E-state index in [0.29, 0.717) is 11.3 Å². The Morgan fingerprint density at radius 2 is 1.39 bits per heavy atom. The molecule has 0 radical (unpaired) electrons. The van der Waals surface area contributed by atoms with E-state index in [0.717, 1.165) is 0 Å². The standard InChI is InChI=1S/C19H21NO8/c1-10-16(25-11(2)21)17(26-12(3)22)18(27-13(4)23)19(24-10)28-15-7-5-14(9-20)6-8-15/h5-8,10,16-19H,1-4H3/t10-,16-,17+,18+,19-/m0/s1. The highest BCUT2D eigenvalue weighted by Gasteiger charge is 2.51. The van der Waals surface area contributed by atoms with Crippen LogP contribution < -0.4 is 4.74 Å². The smallest absolute Gasteiger partial charge is 0.303 e. The average Bonchev–Trinajstić information content (AvgIpc) is 2.61. The lowest BCUT2D eigenvalue weighted by Crippen LogP contribution is -2.62. The molecule has 0 spiro atoms. The van der Waals surface area contributed by atoms with Crippen molar-refractivity contribution < 1.29 is 38.1 Å². The molecular weight excluding hydrogens is 370 g/mol. The minimum absolute atomic E-state index is 0.348. The maximum absolute atomic E-state index is 11.6. The second-order valence-corrected chi connectivity index (χ2v) is 6.19. The quantitative estimate of drug-likeness (QED) is 0.542. The topological polar surface area (TPSA) is 121 Å². The van der Waals surface area contributed by atoms with E-state index in [-0.39, 0.29) is 0 Å². The third kappa shape index (κ3) is 5.44. The Bertz CT molecular complexity index is 769. The van der Waals surface area contributed by atoms with Crippen molar-refractivity contribution in [2.24, 2.45) is 0 Å². The highest BCUT2D eigenvalue weighted by atomic mass is 16.7. The lowest BCUT2D eigenvalue weighted by Gasteiger charge is -2.43. The molecule has 0 aliphatic carbocycles. The number of hydrogen-bond donors (Lipinski definition) is 0. The van der Waals surface area contributed by atoms with E-state index in [2.05, 4.69) is 0 Å². The summed E-state index contributed by atoms with van der Waals surface area (Å²) in [7, 11) is 0. The zero-order valence-electron chi connectivity index (χ0n) is 15.9. The Kier molecular flexibility index (Phi) is 6.95. The van der Waals surface area contributed by atoms with Gasteiger partial charge in [0.25, 0.3) is 0 Å². The van der Waals surface area contributed by atoms with Gasteiger partial charge in [0.1, 0.15) is 5.75 Å². The van der Waals surface area contributed by atoms with E-state index < -0.39 is 48.6 Å². The molecule has 0 aromatic heterocycles. The molecule has 0 bridgehead atoms. The Morgan fingerprint density at radius 1 is 0.893 bits per heavy atom. The highest BCUT2D eigenvalue weighted by Crippen LogP contribution is 2.30. The number of benzene rings is 1. The number of nitriles is 1. The molecule has 1 fully saturated rings. The van der Waals surface area contributed by atoms with Gasteiger partial charge in [0.05, 0.1) is 17.7 Å². The summed E-state index contributed by atoms with van der Waals surface area (Å²) in [5.41, 5.74) is 0.439. The van der Waals surface area contributed by atoms with Gasteiger partial charge in [-0.05, 0) is 31.2 Å². The van der Waals surface area contributed by atoms with Crippen LogP contribution in [0, 0.1) is 11.3 Å². The molecule has 28 heavy (non-hydrogen) atoms. The summed E-state index contributed by atoms with van der Waals surface area (Å²) >= 11 is 0. The van der Waals surface area contributed by atoms with Crippen LogP contribution in [0.15, 0.2) is 24.3 Å². The number of carbonyl (C=O) groups excluding carboxylic acids is 3. The Hall–Kier alpha value is -3.12. The predicted octanol–water partition coefficient (Wildman–Crippen LogP) is 1.48. The third-order valence-corrected chi connectivity index (χ3v) is 3.87. The molecule has 0 unspecified atom stereocenters. The molecule has 1 aliphatic rings. The SMILES string of the molecule is CC(=O)O[C@@H]1[C@@H](OC(C)=O)[C@H](C)O[C@@H](Oc2ccc(C#N)cc2)[C@@H]1OC(C)=O. The van der Waals surface area contributed by atoms with Crippen molar-refractivity contribution in [3.8, 4) is 11.8 Å². The first-order chi connectivity index (χ1) is 13.2. The summed E-state index contributed by atoms with van der Waals surface area (Å²) in [6.45, 7) is 5.19. The molecule has 9 heteroatoms. The van der Waals surface area contributed by atoms with Crippen molar-refractivity contribution in [1.82, 2.24) is 0 Å². The van der Waals surface area contributed by atoms with Gasteiger partial charge in [-0.2, -0.15) is 5.26 Å². The molecule has 150 valence electrons. The fourth-order valence-electron chi connectivity index (χ4n) is 2.81. The average molecular weight is 391 g/mol. The lowest BCUT2D eigenvalue weighted by molar-refractivity contribution is -0.280. The van der Waals surface area contributed by atoms with Gasteiger partial charge < -0.3 is 23.7 Å². The number of carbonyl (C=O) groups is 3. The molecule has 0 amide bonds. The Labute approximate surface area is 162 Å². The molecule has 1 heterocycles. The van der Waals surface area contributed by atoms with Crippen LogP contribution in [0.4, 0.5) is 0 Å². The molecule has 2 rings (SSSR count). The van der Waals surface area contributed by atoms with E-state index >= 15 is 0 Å². The molecule has 0 N–H and O–H groups in total. The molecule has 1 aromatic carbocycles. The van der Waals surface area contributed by atoms with E-state index in [1.54, 1.807) is 31.2 Å². The summed E-state index contributed by atoms with van der Waals surface area (Å²) in [5.74, 6) is -1.56. The first kappa shape index (κ1) is 21.2. The fourth-order valence-corrected chi connectivity index (χ4v) is 2.81. The monoisotopic (exact) mass is 391 g/mol. The third-order valence-electron chi connectivity index (χ3n) is 3.87. The van der Waals surface area contributed by atoms with Gasteiger partial charge in [-0.3, -0.25) is 14.4 Å². The number of rotatable bonds is 5. The first-order valence-electron chi connectivity index (χ1n) is 8.55. The van der Waals surface area contributed by atoms with Gasteiger partial charge >= 0.3 is 17.9 Å². The van der Waals surface area contributed by atoms with Crippen molar-refractivity contribution >= 4 is 17.9 Å². The minimum Gasteiger partial charge on any atom is -0.461 e. The number of esters is 3. The Morgan fingerprint density at radius 3 is 1.89 bits per heavy atom. The summed E-state index contributed by atoms with van der Waals surface area (Å²) < 4.78 is 27.3. The molecule has 1 saturated heterocycles. The largest absolute Gasteiger partial charge is 0.461 e. The first-order valence-corrected chi connectivity index (χ1v) is 8.55. The minimum atomic E-state index is -1.18. The van der Waals surface area contributed by atoms with Crippen LogP contribution in [0.1, 0.15) is 33.3 Å². The summed E-state index contributed by atoms with van der Waals surface area (Å²) in [4.78, 5) is 34.7. The van der Waals surface area contributed by atoms with Crippen molar-refractivity contribution in [3.63, 3.8) is 0 Å². The summed E-state index contributed by atoms with van der Waals surface area (Å²) in [5, 5.41) is 8.88. The molecule has 5 atom stereocenters. The molecule has 1 aromatic rings. The predicted molar refractivity (Wildman–Crippen MR) is 92.8 cm³/mol. The Balaban J connectivity index is 2.33. The van der Waals surface area contributed by atoms with Gasteiger partial charge in [-0.25, -0.2) is 0 Å². The van der Waals surface area contributed by atoms with Crippen molar-refractivity contribution in [2.45, 2.75) is 58.4 Å². The second kappa shape index (κ2) is 9.19. The zero-order chi connectivity index (χ0) is 20.8. The second-order valence-electron chi connectivity index (χ2n) is 6.19. The highest BCUT2D eigenvalue weighted by molar-refractivity contribution is 5.68. The van der Waals surface area contributed by atoms with Crippen molar-refractivity contribution in [1.29, 1.82) is 5.26 Å². The van der Waals surface area contributed by atoms with Gasteiger partial charge in [-0.1, -0.05) is 0 Å². The van der Waals surface area contributed by atoms with E-state index in [4.69, 9.17) is 28.9 Å². The molecular formula is C19H21NO8. The number of hydrogen-bond acceptors (Lipinski definition) is 9. The maximum Gasteiger partial charge on any atom is 0.303 e. The van der Waals surface area contributed by atoms with Crippen LogP contribution in [-0.4, -0.2) is 48.6 Å². The van der Waals surface area contributed by atoms with Crippen LogP contribution in [0.25, 0.3) is 0 Å². The maximum atomic E-state index is 11.6. The van der Waals surface area contributed by atoms with Crippen molar-refractivity contribution in [2.75, 3.05) is 0 Å². The van der Waals surface area contributed by atoms with Gasteiger partial charge in [0, 0.05) is 20.8 Å². The van der Waals surface area contributed by atoms with Gasteiger partial charge in [0.15, 0.2) is 12.2 Å². The van der Waals surface area contributed by atoms with Crippen LogP contribution in [0.5, 0.6) is 5.75 Å². The molecule has 9 nitrogen and oxygen atoms in total. The van der Waals surface area contributed by atoms with Crippen LogP contribution in [0.2, 0.25) is 0 Å². The van der Waals surface area contributed by atoms with Gasteiger partial charge in [-0.15, -0.1) is 0 Å². The van der Waals surface area contributed by atoms with Crippen LogP contribution in [-0.2, 0) is 33.3 Å². The number of ether oxygens (including phenoxy) is 5. The fraction of sp³-hybridized carbons (Fsp3) is 0.474. The van der Waals surface area contributed by atoms with Gasteiger partial charge in [0.2, 0.25) is 12.4 Å². The number of nitrogens with zero attached hydrogens (tertiary/aromatic N) is 1. The van der Waals surface area contributed by atoms with Crippen LogP contribution >= 0.6 is 0 Å². The van der Waals surface area contributed by atoms with Crippen LogP contribution in [0.3, 0.4) is 0 Å². The lowest BCUT2D eigenvalue weighted by atomic mass is 9.99. The molecule has 0 saturated carbocycles. The summed E-state index contributed by atoms with van der Waals surface area (Å²) in [6, 6.07) is 8.19.